The summed E-state index contributed by atoms with van der Waals surface area (Å²) in [6.45, 7) is 5.36. The number of hydrogen-bond donors (Lipinski definition) is 1. The topological polar surface area (TPSA) is 35.8 Å². The number of hydrogen-bond acceptors (Lipinski definition) is 2. The minimum absolute atomic E-state index is 0.303. The van der Waals surface area contributed by atoms with Gasteiger partial charge in [-0.05, 0) is 48.7 Å². The molecule has 0 bridgehead atoms. The van der Waals surface area contributed by atoms with Crippen LogP contribution in [0.25, 0.3) is 11.1 Å². The van der Waals surface area contributed by atoms with Crippen molar-refractivity contribution in [3.8, 4) is 17.2 Å². The van der Waals surface area contributed by atoms with Crippen LogP contribution >= 0.6 is 0 Å². The summed E-state index contributed by atoms with van der Waals surface area (Å²) in [6.07, 6.45) is 1.12. The summed E-state index contributed by atoms with van der Waals surface area (Å²) in [6, 6.07) is 18.7. The molecule has 0 fully saturated rings. The summed E-state index contributed by atoms with van der Waals surface area (Å²) >= 11 is 0. The van der Waals surface area contributed by atoms with E-state index in [9.17, 15) is 0 Å². The van der Waals surface area contributed by atoms with Gasteiger partial charge in [-0.2, -0.15) is 5.26 Å². The zero-order valence-electron chi connectivity index (χ0n) is 12.1. The molecule has 1 unspecified atom stereocenters. The van der Waals surface area contributed by atoms with Gasteiger partial charge in [-0.1, -0.05) is 43.3 Å². The molecule has 2 aromatic carbocycles. The van der Waals surface area contributed by atoms with Crippen LogP contribution < -0.4 is 5.32 Å². The van der Waals surface area contributed by atoms with Crippen LogP contribution in [0.1, 0.15) is 37.4 Å². The highest BCUT2D eigenvalue weighted by atomic mass is 14.9. The van der Waals surface area contributed by atoms with Crippen molar-refractivity contribution in [2.45, 2.75) is 26.3 Å². The highest BCUT2D eigenvalue weighted by Gasteiger charge is 2.11. The first-order valence-electron chi connectivity index (χ1n) is 7.09. The van der Waals surface area contributed by atoms with Crippen LogP contribution in [0.3, 0.4) is 0 Å². The second-order valence-electron chi connectivity index (χ2n) is 4.96. The quantitative estimate of drug-likeness (QED) is 0.874. The van der Waals surface area contributed by atoms with Gasteiger partial charge in [-0.15, -0.1) is 0 Å². The minimum Gasteiger partial charge on any atom is -0.310 e. The molecule has 2 aromatic rings. The number of nitrogens with one attached hydrogen (secondary N) is 1. The fraction of sp³-hybridized carbons (Fsp3) is 0.278. The van der Waals surface area contributed by atoms with Crippen LogP contribution in [0.15, 0.2) is 48.5 Å². The summed E-state index contributed by atoms with van der Waals surface area (Å²) in [5, 5.41) is 12.6. The highest BCUT2D eigenvalue weighted by molar-refractivity contribution is 5.69. The summed E-state index contributed by atoms with van der Waals surface area (Å²) in [4.78, 5) is 0. The van der Waals surface area contributed by atoms with E-state index in [2.05, 4.69) is 49.5 Å². The van der Waals surface area contributed by atoms with E-state index in [1.165, 1.54) is 11.1 Å². The summed E-state index contributed by atoms with van der Waals surface area (Å²) in [5.41, 5.74) is 4.27. The van der Waals surface area contributed by atoms with Gasteiger partial charge in [-0.3, -0.25) is 0 Å². The van der Waals surface area contributed by atoms with E-state index in [-0.39, 0.29) is 0 Å². The summed E-state index contributed by atoms with van der Waals surface area (Å²) in [7, 11) is 0. The first kappa shape index (κ1) is 14.3. The Morgan fingerprint density at radius 3 is 2.70 bits per heavy atom. The third kappa shape index (κ3) is 3.26. The molecule has 0 aliphatic carbocycles. The molecular formula is C18H20N2. The van der Waals surface area contributed by atoms with Crippen LogP contribution in [0.2, 0.25) is 0 Å². The zero-order valence-corrected chi connectivity index (χ0v) is 12.1. The molecule has 0 aromatic heterocycles. The average molecular weight is 264 g/mol. The molecule has 1 N–H and O–H groups in total. The maximum Gasteiger partial charge on any atom is 0.0991 e. The normalized spacial score (nSPS) is 11.8. The predicted octanol–water partition coefficient (Wildman–Crippen LogP) is 4.29. The molecule has 20 heavy (non-hydrogen) atoms. The van der Waals surface area contributed by atoms with E-state index in [1.54, 1.807) is 0 Å². The third-order valence-electron chi connectivity index (χ3n) is 3.43. The monoisotopic (exact) mass is 264 g/mol. The standard InChI is InChI=1S/C18H20N2/c1-3-11-20-14(2)17-9-4-5-10-18(17)16-8-6-7-15(12-16)13-19/h4-10,12,14,20H,3,11H2,1-2H3. The molecule has 0 amide bonds. The van der Waals surface area contributed by atoms with E-state index in [4.69, 9.17) is 5.26 Å². The molecule has 2 rings (SSSR count). The maximum absolute atomic E-state index is 9.04. The fourth-order valence-electron chi connectivity index (χ4n) is 2.36. The van der Waals surface area contributed by atoms with Crippen molar-refractivity contribution in [1.29, 1.82) is 5.26 Å². The molecule has 1 atom stereocenters. The summed E-state index contributed by atoms with van der Waals surface area (Å²) < 4.78 is 0. The van der Waals surface area contributed by atoms with Crippen molar-refractivity contribution in [2.24, 2.45) is 0 Å². The zero-order chi connectivity index (χ0) is 14.4. The lowest BCUT2D eigenvalue weighted by Gasteiger charge is -2.18. The van der Waals surface area contributed by atoms with Crippen molar-refractivity contribution in [2.75, 3.05) is 6.54 Å². The van der Waals surface area contributed by atoms with Gasteiger partial charge in [0.25, 0.3) is 0 Å². The number of benzene rings is 2. The second kappa shape index (κ2) is 6.88. The molecule has 0 heterocycles. The SMILES string of the molecule is CCCNC(C)c1ccccc1-c1cccc(C#N)c1. The molecule has 0 radical (unpaired) electrons. The maximum atomic E-state index is 9.04. The number of rotatable bonds is 5. The van der Waals surface area contributed by atoms with E-state index in [1.807, 2.05) is 24.3 Å². The Bertz CT molecular complexity index is 611. The lowest BCUT2D eigenvalue weighted by molar-refractivity contribution is 0.572. The van der Waals surface area contributed by atoms with Crippen molar-refractivity contribution in [1.82, 2.24) is 5.32 Å². The molecule has 0 saturated heterocycles. The van der Waals surface area contributed by atoms with Crippen LogP contribution in [0.5, 0.6) is 0 Å². The van der Waals surface area contributed by atoms with Gasteiger partial charge in [-0.25, -0.2) is 0 Å². The molecule has 0 aliphatic heterocycles. The van der Waals surface area contributed by atoms with Gasteiger partial charge in [0.15, 0.2) is 0 Å². The Labute approximate surface area is 121 Å². The molecule has 0 saturated carbocycles. The Kier molecular flexibility index (Phi) is 4.92. The Hall–Kier alpha value is -2.11. The predicted molar refractivity (Wildman–Crippen MR) is 83.3 cm³/mol. The molecule has 0 spiro atoms. The molecule has 2 nitrogen and oxygen atoms in total. The Balaban J connectivity index is 2.39. The largest absolute Gasteiger partial charge is 0.310 e. The molecule has 0 aliphatic rings. The van der Waals surface area contributed by atoms with E-state index >= 15 is 0 Å². The summed E-state index contributed by atoms with van der Waals surface area (Å²) in [5.74, 6) is 0. The van der Waals surface area contributed by atoms with Gasteiger partial charge in [0.2, 0.25) is 0 Å². The van der Waals surface area contributed by atoms with Gasteiger partial charge in [0.05, 0.1) is 11.6 Å². The second-order valence-corrected chi connectivity index (χ2v) is 4.96. The van der Waals surface area contributed by atoms with Gasteiger partial charge >= 0.3 is 0 Å². The first-order valence-corrected chi connectivity index (χ1v) is 7.09. The highest BCUT2D eigenvalue weighted by Crippen LogP contribution is 2.28. The van der Waals surface area contributed by atoms with Crippen LogP contribution in [-0.4, -0.2) is 6.54 Å². The van der Waals surface area contributed by atoms with Crippen molar-refractivity contribution in [3.63, 3.8) is 0 Å². The Morgan fingerprint density at radius 2 is 1.95 bits per heavy atom. The van der Waals surface area contributed by atoms with E-state index < -0.39 is 0 Å². The van der Waals surface area contributed by atoms with Crippen LogP contribution in [0.4, 0.5) is 0 Å². The Morgan fingerprint density at radius 1 is 1.15 bits per heavy atom. The lowest BCUT2D eigenvalue weighted by Crippen LogP contribution is -2.19. The smallest absolute Gasteiger partial charge is 0.0991 e. The van der Waals surface area contributed by atoms with Crippen molar-refractivity contribution in [3.05, 3.63) is 59.7 Å². The van der Waals surface area contributed by atoms with Crippen molar-refractivity contribution >= 4 is 0 Å². The van der Waals surface area contributed by atoms with Gasteiger partial charge in [0, 0.05) is 6.04 Å². The van der Waals surface area contributed by atoms with Crippen LogP contribution in [0, 0.1) is 11.3 Å². The third-order valence-corrected chi connectivity index (χ3v) is 3.43. The molecular weight excluding hydrogens is 244 g/mol. The van der Waals surface area contributed by atoms with Gasteiger partial charge in [0.1, 0.15) is 0 Å². The number of nitriles is 1. The van der Waals surface area contributed by atoms with Gasteiger partial charge < -0.3 is 5.32 Å². The van der Waals surface area contributed by atoms with E-state index in [0.29, 0.717) is 11.6 Å². The number of nitrogens with zero attached hydrogens (tertiary/aromatic N) is 1. The molecule has 102 valence electrons. The van der Waals surface area contributed by atoms with Crippen molar-refractivity contribution < 1.29 is 0 Å². The lowest BCUT2D eigenvalue weighted by atomic mass is 9.94. The minimum atomic E-state index is 0.303. The van der Waals surface area contributed by atoms with Crippen LogP contribution in [-0.2, 0) is 0 Å². The average Bonchev–Trinajstić information content (AvgIpc) is 2.52. The molecule has 2 heteroatoms. The first-order chi connectivity index (χ1) is 9.76. The fourth-order valence-corrected chi connectivity index (χ4v) is 2.36. The van der Waals surface area contributed by atoms with E-state index in [0.717, 1.165) is 18.5 Å².